The van der Waals surface area contributed by atoms with Crippen LogP contribution >= 0.6 is 11.3 Å². The number of nitrogens with zero attached hydrogens (tertiary/aromatic N) is 6. The van der Waals surface area contributed by atoms with Crippen molar-refractivity contribution in [2.75, 3.05) is 84.2 Å². The Morgan fingerprint density at radius 2 is 1.49 bits per heavy atom. The van der Waals surface area contributed by atoms with Gasteiger partial charge in [0, 0.05) is 70.0 Å². The van der Waals surface area contributed by atoms with Gasteiger partial charge in [0.05, 0.1) is 78.4 Å². The smallest absolute Gasteiger partial charge is 0.392 e. The van der Waals surface area contributed by atoms with Gasteiger partial charge in [0.2, 0.25) is 23.7 Å². The molecule has 2 fully saturated rings. The third-order valence-electron chi connectivity index (χ3n) is 13.9. The lowest BCUT2D eigenvalue weighted by Crippen LogP contribution is -2.58. The molecule has 422 valence electrons. The second-order valence-electron chi connectivity index (χ2n) is 20.8. The molecule has 4 heterocycles. The number of aryl methyl sites for hydroxylation is 1. The van der Waals surface area contributed by atoms with Crippen LogP contribution in [0.15, 0.2) is 96.5 Å². The molecule has 18 nitrogen and oxygen atoms in total. The summed E-state index contributed by atoms with van der Waals surface area (Å²) in [5.41, 5.74) is 6.48. The number of anilines is 1. The molecule has 2 aliphatic heterocycles. The number of aromatic nitrogens is 3. The summed E-state index contributed by atoms with van der Waals surface area (Å²) in [5, 5.41) is 28.6. The number of rotatable bonds is 23. The van der Waals surface area contributed by atoms with Crippen LogP contribution in [-0.2, 0) is 54.5 Å². The van der Waals surface area contributed by atoms with E-state index >= 15 is 0 Å². The Labute approximate surface area is 460 Å². The first-order valence-corrected chi connectivity index (χ1v) is 27.2. The van der Waals surface area contributed by atoms with Gasteiger partial charge in [0.25, 0.3) is 5.91 Å². The fourth-order valence-corrected chi connectivity index (χ4v) is 10.4. The Balaban J connectivity index is 0.714. The first-order chi connectivity index (χ1) is 37.8. The molecule has 2 saturated heterocycles. The predicted molar refractivity (Wildman–Crippen MR) is 292 cm³/mol. The molecule has 2 aromatic heterocycles. The Bertz CT molecular complexity index is 3030. The molecule has 0 spiro atoms. The van der Waals surface area contributed by atoms with Crippen molar-refractivity contribution in [2.45, 2.75) is 78.2 Å². The summed E-state index contributed by atoms with van der Waals surface area (Å²) in [6.45, 7) is 13.5. The number of aliphatic hydroxyl groups is 2. The topological polar surface area (TPSA) is 213 Å². The van der Waals surface area contributed by atoms with Gasteiger partial charge in [-0.2, -0.15) is 13.2 Å². The zero-order chi connectivity index (χ0) is 56.3. The van der Waals surface area contributed by atoms with Crippen LogP contribution in [0.5, 0.6) is 0 Å². The van der Waals surface area contributed by atoms with Crippen molar-refractivity contribution in [3.8, 4) is 16.1 Å². The number of ether oxygens (including phenoxy) is 3. The van der Waals surface area contributed by atoms with Crippen molar-refractivity contribution in [1.82, 2.24) is 39.9 Å². The van der Waals surface area contributed by atoms with Crippen molar-refractivity contribution < 1.29 is 56.8 Å². The highest BCUT2D eigenvalue weighted by molar-refractivity contribution is 7.13. The minimum Gasteiger partial charge on any atom is -0.392 e. The van der Waals surface area contributed by atoms with Gasteiger partial charge in [0.15, 0.2) is 0 Å². The molecule has 5 N–H and O–H groups in total. The summed E-state index contributed by atoms with van der Waals surface area (Å²) in [6.07, 6.45) is -5.42. The summed E-state index contributed by atoms with van der Waals surface area (Å²) in [4.78, 5) is 70.0. The average molecular weight is 1110 g/mol. The molecule has 79 heavy (non-hydrogen) atoms. The van der Waals surface area contributed by atoms with Gasteiger partial charge in [-0.1, -0.05) is 69.3 Å². The molecular formula is C57H68F3N9O9S. The third-order valence-corrected chi connectivity index (χ3v) is 14.9. The van der Waals surface area contributed by atoms with E-state index in [0.29, 0.717) is 48.6 Å². The number of amides is 4. The summed E-state index contributed by atoms with van der Waals surface area (Å²) < 4.78 is 59.1. The van der Waals surface area contributed by atoms with Crippen LogP contribution in [-0.4, -0.2) is 160 Å². The maximum Gasteiger partial charge on any atom is 0.416 e. The van der Waals surface area contributed by atoms with Crippen LogP contribution in [0.1, 0.15) is 65.5 Å². The second kappa shape index (κ2) is 26.6. The third kappa shape index (κ3) is 15.6. The number of carbonyl (C=O) groups is 4. The fourth-order valence-electron chi connectivity index (χ4n) is 9.54. The molecule has 6 aromatic rings. The van der Waals surface area contributed by atoms with E-state index in [-0.39, 0.29) is 63.4 Å². The molecule has 8 rings (SSSR count). The van der Waals surface area contributed by atoms with E-state index < -0.39 is 53.1 Å². The number of carbonyl (C=O) groups excluding carboxylic acids is 4. The number of benzene rings is 4. The van der Waals surface area contributed by atoms with Gasteiger partial charge < -0.3 is 40.0 Å². The zero-order valence-electron chi connectivity index (χ0n) is 44.8. The monoisotopic (exact) mass is 1110 g/mol. The second-order valence-corrected chi connectivity index (χ2v) is 21.6. The largest absolute Gasteiger partial charge is 0.416 e. The average Bonchev–Trinajstić information content (AvgIpc) is 4.39. The van der Waals surface area contributed by atoms with Gasteiger partial charge >= 0.3 is 6.18 Å². The first kappa shape index (κ1) is 58.5. The number of fused-ring (bicyclic) bond motifs is 1. The van der Waals surface area contributed by atoms with Crippen LogP contribution in [0.4, 0.5) is 19.1 Å². The molecule has 4 amide bonds. The quantitative estimate of drug-likeness (QED) is 0.0453. The SMILES string of the molecule is Cc1ncsc1-c1ccc(CNC(=O)[C@@H]2C[C@@H](O)CN2C(=O)[C@@H](NC(=O)COCCOCCOCCN2CCN(Cc3ccc4c(c3)nc(NC(=O)c3cccc(C(F)(F)F)c3)n4-c3ccc(CO)cc3)CC2)C(C)(C)C)cc1. The standard InChI is InChI=1S/C57H68F3N9O9S/c1-37-50(79-36-62-37)41-13-8-38(9-14-41)31-61-53(74)48-30-45(71)33-68(48)54(75)51(56(2,3)4)64-49(72)35-78-27-26-77-25-24-76-23-22-66-18-20-67(21-19-66)32-40-12-17-47-46(28-40)63-55(69(47)44-15-10-39(34-70)11-16-44)65-52(73)42-6-5-7-43(29-42)57(58,59)60/h5-17,28-29,36,45,48,51,70-71H,18-27,30-35H2,1-4H3,(H,61,74)(H,64,72)(H,63,65,73)/t45-,48+,51-/m1/s1. The summed E-state index contributed by atoms with van der Waals surface area (Å²) in [6, 6.07) is 23.1. The van der Waals surface area contributed by atoms with E-state index in [1.54, 1.807) is 45.7 Å². The Morgan fingerprint density at radius 1 is 0.823 bits per heavy atom. The van der Waals surface area contributed by atoms with Crippen molar-refractivity contribution in [3.63, 3.8) is 0 Å². The predicted octanol–water partition coefficient (Wildman–Crippen LogP) is 6.20. The van der Waals surface area contributed by atoms with E-state index in [9.17, 15) is 42.6 Å². The lowest BCUT2D eigenvalue weighted by molar-refractivity contribution is -0.144. The molecule has 0 aliphatic carbocycles. The van der Waals surface area contributed by atoms with Crippen LogP contribution in [0.3, 0.4) is 0 Å². The normalized spacial score (nSPS) is 16.8. The van der Waals surface area contributed by atoms with Crippen LogP contribution in [0.25, 0.3) is 27.2 Å². The van der Waals surface area contributed by atoms with Gasteiger partial charge in [-0.25, -0.2) is 9.97 Å². The Morgan fingerprint density at radius 3 is 2.16 bits per heavy atom. The summed E-state index contributed by atoms with van der Waals surface area (Å²) >= 11 is 1.56. The minimum atomic E-state index is -4.61. The highest BCUT2D eigenvalue weighted by Crippen LogP contribution is 2.32. The van der Waals surface area contributed by atoms with E-state index in [2.05, 4.69) is 30.7 Å². The molecule has 4 aromatic carbocycles. The molecule has 2 aliphatic rings. The zero-order valence-corrected chi connectivity index (χ0v) is 45.6. The van der Waals surface area contributed by atoms with E-state index in [4.69, 9.17) is 19.2 Å². The Kier molecular flexibility index (Phi) is 19.7. The highest BCUT2D eigenvalue weighted by atomic mass is 32.1. The van der Waals surface area contributed by atoms with Gasteiger partial charge in [0.1, 0.15) is 18.7 Å². The molecular weight excluding hydrogens is 1040 g/mol. The summed E-state index contributed by atoms with van der Waals surface area (Å²) in [7, 11) is 0. The molecule has 0 unspecified atom stereocenters. The van der Waals surface area contributed by atoms with E-state index in [0.717, 1.165) is 72.1 Å². The van der Waals surface area contributed by atoms with Crippen molar-refractivity contribution in [1.29, 1.82) is 0 Å². The summed E-state index contributed by atoms with van der Waals surface area (Å²) in [5.74, 6) is -1.94. The lowest BCUT2D eigenvalue weighted by Gasteiger charge is -2.35. The maximum atomic E-state index is 14.0. The molecule has 0 bridgehead atoms. The van der Waals surface area contributed by atoms with E-state index in [1.807, 2.05) is 70.2 Å². The minimum absolute atomic E-state index is 0.0319. The molecule has 0 radical (unpaired) electrons. The molecule has 3 atom stereocenters. The van der Waals surface area contributed by atoms with Gasteiger partial charge in [-0.15, -0.1) is 11.3 Å². The molecule has 0 saturated carbocycles. The number of halogens is 3. The van der Waals surface area contributed by atoms with Crippen LogP contribution < -0.4 is 16.0 Å². The van der Waals surface area contributed by atoms with Crippen LogP contribution in [0, 0.1) is 12.3 Å². The number of hydrogen-bond donors (Lipinski definition) is 5. The number of nitrogens with one attached hydrogen (secondary N) is 3. The highest BCUT2D eigenvalue weighted by Gasteiger charge is 2.44. The lowest BCUT2D eigenvalue weighted by atomic mass is 9.85. The van der Waals surface area contributed by atoms with Crippen molar-refractivity contribution in [2.24, 2.45) is 5.41 Å². The number of imidazole rings is 1. The number of alkyl halides is 3. The van der Waals surface area contributed by atoms with Gasteiger partial charge in [-0.05, 0) is 77.1 Å². The Hall–Kier alpha value is -6.63. The van der Waals surface area contributed by atoms with Gasteiger partial charge in [-0.3, -0.25) is 38.9 Å². The number of piperazine rings is 1. The number of hydrogen-bond acceptors (Lipinski definition) is 14. The fraction of sp³-hybridized carbons (Fsp3) is 0.439. The first-order valence-electron chi connectivity index (χ1n) is 26.3. The van der Waals surface area contributed by atoms with Crippen molar-refractivity contribution in [3.05, 3.63) is 130 Å². The molecule has 22 heteroatoms. The number of likely N-dealkylation sites (tertiary alicyclic amines) is 1. The maximum absolute atomic E-state index is 14.0. The van der Waals surface area contributed by atoms with Crippen LogP contribution in [0.2, 0.25) is 0 Å². The number of β-amino-alcohol motifs (C(OH)–C–C–N with tert-alkyl or cyclic N) is 1. The number of aliphatic hydroxyl groups excluding tert-OH is 2. The van der Waals surface area contributed by atoms with Crippen molar-refractivity contribution >= 4 is 51.9 Å². The number of thiazole rings is 1. The van der Waals surface area contributed by atoms with E-state index in [1.165, 1.54) is 17.0 Å².